The quantitative estimate of drug-likeness (QED) is 0.235. The van der Waals surface area contributed by atoms with Crippen LogP contribution in [-0.4, -0.2) is 49.5 Å². The van der Waals surface area contributed by atoms with Gasteiger partial charge in [0, 0.05) is 29.5 Å². The Hall–Kier alpha value is -4.42. The molecule has 0 amide bonds. The molecule has 40 heavy (non-hydrogen) atoms. The summed E-state index contributed by atoms with van der Waals surface area (Å²) in [5, 5.41) is 3.86. The minimum atomic E-state index is -3.57. The average molecular weight is 578 g/mol. The largest absolute Gasteiger partial charge is 0.495 e. The molecule has 1 aliphatic heterocycles. The molecule has 1 saturated heterocycles. The number of sulfonamides is 1. The van der Waals surface area contributed by atoms with Gasteiger partial charge in [-0.3, -0.25) is 9.71 Å². The first-order valence-electron chi connectivity index (χ1n) is 12.2. The van der Waals surface area contributed by atoms with E-state index in [4.69, 9.17) is 21.7 Å². The topological polar surface area (TPSA) is 115 Å². The monoisotopic (exact) mass is 577 g/mol. The first kappa shape index (κ1) is 27.2. The number of esters is 1. The maximum atomic E-state index is 12.1. The minimum absolute atomic E-state index is 0.291. The molecule has 12 heteroatoms. The molecule has 0 unspecified atom stereocenters. The van der Waals surface area contributed by atoms with Gasteiger partial charge in [-0.15, -0.1) is 0 Å². The second-order valence-corrected chi connectivity index (χ2v) is 11.2. The maximum absolute atomic E-state index is 12.1. The summed E-state index contributed by atoms with van der Waals surface area (Å²) in [7, 11) is -0.752. The van der Waals surface area contributed by atoms with E-state index >= 15 is 0 Å². The fourth-order valence-electron chi connectivity index (χ4n) is 4.80. The zero-order valence-electron chi connectivity index (χ0n) is 21.9. The molecule has 0 radical (unpaired) electrons. The highest BCUT2D eigenvalue weighted by atomic mass is 32.2. The van der Waals surface area contributed by atoms with Gasteiger partial charge < -0.3 is 24.3 Å². The van der Waals surface area contributed by atoms with Crippen molar-refractivity contribution in [2.75, 3.05) is 30.1 Å². The highest BCUT2D eigenvalue weighted by molar-refractivity contribution is 7.92. The van der Waals surface area contributed by atoms with Gasteiger partial charge in [0.1, 0.15) is 11.8 Å². The predicted octanol–water partition coefficient (Wildman–Crippen LogP) is 4.22. The lowest BCUT2D eigenvalue weighted by atomic mass is 10.0. The van der Waals surface area contributed by atoms with E-state index in [1.807, 2.05) is 64.2 Å². The number of carbonyl (C=O) groups is 1. The lowest BCUT2D eigenvalue weighted by molar-refractivity contribution is 0.0600. The number of anilines is 2. The van der Waals surface area contributed by atoms with Gasteiger partial charge in [-0.2, -0.15) is 0 Å². The van der Waals surface area contributed by atoms with Gasteiger partial charge in [0.15, 0.2) is 5.11 Å². The fraction of sp³-hybridized carbons (Fsp3) is 0.179. The molecule has 1 fully saturated rings. The molecule has 2 aromatic carbocycles. The third-order valence-corrected chi connectivity index (χ3v) is 7.41. The van der Waals surface area contributed by atoms with Crippen molar-refractivity contribution in [2.24, 2.45) is 0 Å². The van der Waals surface area contributed by atoms with Gasteiger partial charge in [-0.25, -0.2) is 13.2 Å². The SMILES string of the molecule is COC(=O)c1ccc(-n2cccc2[C@H]2[C@@H](c3ccccn3)NC(=S)N2c2ccc(OC)c(NS(C)(=O)=O)c2)cc1. The Bertz CT molecular complexity index is 1660. The van der Waals surface area contributed by atoms with E-state index in [-0.39, 0.29) is 12.1 Å². The molecule has 5 rings (SSSR count). The van der Waals surface area contributed by atoms with Crippen molar-refractivity contribution in [1.29, 1.82) is 0 Å². The van der Waals surface area contributed by atoms with Crippen LogP contribution in [0.25, 0.3) is 5.69 Å². The van der Waals surface area contributed by atoms with E-state index in [9.17, 15) is 13.2 Å². The van der Waals surface area contributed by atoms with Crippen molar-refractivity contribution in [3.8, 4) is 11.4 Å². The molecular weight excluding hydrogens is 550 g/mol. The number of carbonyl (C=O) groups excluding carboxylic acids is 1. The lowest BCUT2D eigenvalue weighted by Gasteiger charge is -2.29. The van der Waals surface area contributed by atoms with E-state index in [1.165, 1.54) is 14.2 Å². The van der Waals surface area contributed by atoms with Crippen molar-refractivity contribution in [3.63, 3.8) is 0 Å². The van der Waals surface area contributed by atoms with Crippen LogP contribution in [0.4, 0.5) is 11.4 Å². The van der Waals surface area contributed by atoms with Gasteiger partial charge in [-0.05, 0) is 78.9 Å². The van der Waals surface area contributed by atoms with Gasteiger partial charge in [0.25, 0.3) is 0 Å². The van der Waals surface area contributed by atoms with Crippen LogP contribution in [-0.2, 0) is 14.8 Å². The highest BCUT2D eigenvalue weighted by Gasteiger charge is 2.42. The molecule has 0 saturated carbocycles. The second kappa shape index (κ2) is 11.0. The minimum Gasteiger partial charge on any atom is -0.495 e. The molecule has 206 valence electrons. The lowest BCUT2D eigenvalue weighted by Crippen LogP contribution is -2.30. The molecular formula is C28H27N5O5S2. The van der Waals surface area contributed by atoms with Crippen LogP contribution in [0.3, 0.4) is 0 Å². The Labute approximate surface area is 237 Å². The molecule has 10 nitrogen and oxygen atoms in total. The number of hydrogen-bond donors (Lipinski definition) is 2. The number of nitrogens with one attached hydrogen (secondary N) is 2. The molecule has 0 spiro atoms. The zero-order valence-corrected chi connectivity index (χ0v) is 23.6. The van der Waals surface area contributed by atoms with E-state index in [2.05, 4.69) is 15.0 Å². The molecule has 1 aliphatic rings. The van der Waals surface area contributed by atoms with Crippen LogP contribution in [0, 0.1) is 0 Å². The second-order valence-electron chi connectivity index (χ2n) is 9.10. The molecule has 0 aliphatic carbocycles. The van der Waals surface area contributed by atoms with Crippen molar-refractivity contribution in [2.45, 2.75) is 12.1 Å². The molecule has 2 N–H and O–H groups in total. The van der Waals surface area contributed by atoms with E-state index in [0.29, 0.717) is 27.8 Å². The summed E-state index contributed by atoms with van der Waals surface area (Å²) in [6, 6.07) is 21.2. The summed E-state index contributed by atoms with van der Waals surface area (Å²) in [4.78, 5) is 18.5. The number of thiocarbonyl (C=S) groups is 1. The van der Waals surface area contributed by atoms with Gasteiger partial charge in [0.2, 0.25) is 10.0 Å². The Kier molecular flexibility index (Phi) is 7.46. The summed E-state index contributed by atoms with van der Waals surface area (Å²) in [6.07, 6.45) is 4.74. The van der Waals surface area contributed by atoms with Gasteiger partial charge in [0.05, 0.1) is 43.5 Å². The number of pyridine rings is 1. The Morgan fingerprint density at radius 3 is 2.42 bits per heavy atom. The smallest absolute Gasteiger partial charge is 0.337 e. The normalized spacial score (nSPS) is 16.9. The van der Waals surface area contributed by atoms with Crippen LogP contribution >= 0.6 is 12.2 Å². The first-order valence-corrected chi connectivity index (χ1v) is 14.5. The van der Waals surface area contributed by atoms with Crippen LogP contribution in [0.5, 0.6) is 5.75 Å². The van der Waals surface area contributed by atoms with Crippen LogP contribution < -0.4 is 19.7 Å². The Morgan fingerprint density at radius 2 is 1.77 bits per heavy atom. The molecule has 4 aromatic rings. The van der Waals surface area contributed by atoms with E-state index < -0.39 is 16.0 Å². The Balaban J connectivity index is 1.64. The summed E-state index contributed by atoms with van der Waals surface area (Å²) < 4.78 is 38.9. The Morgan fingerprint density at radius 1 is 1.02 bits per heavy atom. The van der Waals surface area contributed by atoms with Crippen molar-refractivity contribution >= 4 is 44.7 Å². The zero-order chi connectivity index (χ0) is 28.4. The van der Waals surface area contributed by atoms with Crippen LogP contribution in [0.1, 0.15) is 33.8 Å². The highest BCUT2D eigenvalue weighted by Crippen LogP contribution is 2.43. The molecule has 2 atom stereocenters. The maximum Gasteiger partial charge on any atom is 0.337 e. The van der Waals surface area contributed by atoms with Gasteiger partial charge >= 0.3 is 5.97 Å². The van der Waals surface area contributed by atoms with Crippen molar-refractivity contribution < 1.29 is 22.7 Å². The molecule has 3 heterocycles. The standard InChI is InChI=1S/C28H27N5O5S2/c1-37-24-14-13-20(17-22(24)31-40(3,35)36)33-26(25(30-28(33)39)21-7-4-5-15-29-21)23-8-6-16-32(23)19-11-9-18(10-12-19)27(34)38-2/h4-17,25-26,31H,1-3H3,(H,30,39)/t25-,26+/m1/s1. The first-order chi connectivity index (χ1) is 19.2. The fourth-order valence-corrected chi connectivity index (χ4v) is 5.71. The van der Waals surface area contributed by atoms with Crippen molar-refractivity contribution in [1.82, 2.24) is 14.9 Å². The summed E-state index contributed by atoms with van der Waals surface area (Å²) >= 11 is 5.84. The third kappa shape index (κ3) is 5.36. The van der Waals surface area contributed by atoms with E-state index in [1.54, 1.807) is 30.5 Å². The number of aromatic nitrogens is 2. The van der Waals surface area contributed by atoms with Crippen LogP contribution in [0.2, 0.25) is 0 Å². The molecule has 0 bridgehead atoms. The summed E-state index contributed by atoms with van der Waals surface area (Å²) in [5.74, 6) is -0.0387. The van der Waals surface area contributed by atoms with Crippen molar-refractivity contribution in [3.05, 3.63) is 102 Å². The third-order valence-electron chi connectivity index (χ3n) is 6.50. The number of ether oxygens (including phenoxy) is 2. The van der Waals surface area contributed by atoms with Crippen LogP contribution in [0.15, 0.2) is 85.2 Å². The van der Waals surface area contributed by atoms with E-state index in [0.717, 1.165) is 23.3 Å². The molecule has 2 aromatic heterocycles. The predicted molar refractivity (Wildman–Crippen MR) is 157 cm³/mol. The number of hydrogen-bond acceptors (Lipinski definition) is 7. The number of benzene rings is 2. The number of methoxy groups -OCH3 is 2. The summed E-state index contributed by atoms with van der Waals surface area (Å²) in [5.41, 5.74) is 3.90. The number of rotatable bonds is 8. The van der Waals surface area contributed by atoms with Gasteiger partial charge in [-0.1, -0.05) is 6.07 Å². The summed E-state index contributed by atoms with van der Waals surface area (Å²) in [6.45, 7) is 0. The average Bonchev–Trinajstić information content (AvgIpc) is 3.56. The number of nitrogens with zero attached hydrogens (tertiary/aromatic N) is 3.